The number of rotatable bonds is 7. The van der Waals surface area contributed by atoms with Crippen molar-refractivity contribution in [2.24, 2.45) is 0 Å². The number of imide groups is 1. The average Bonchev–Trinajstić information content (AvgIpc) is 3.36. The molecular formula is C26H20Cl2N4O4. The number of carbonyl (C=O) groups is 3. The molecular weight excluding hydrogens is 503 g/mol. The molecule has 4 aromatic rings. The first-order chi connectivity index (χ1) is 17.3. The SMILES string of the molecule is Cc1cn2cccc(OCc3c(Cl)ccc(NC(=O)CCN4C(=O)c5ccccc5C4=O)c3Cl)c2n1. The van der Waals surface area contributed by atoms with Crippen LogP contribution in [0.4, 0.5) is 5.69 Å². The Morgan fingerprint density at radius 1 is 1.03 bits per heavy atom. The Hall–Kier alpha value is -3.88. The number of imidazole rings is 1. The predicted molar refractivity (Wildman–Crippen MR) is 136 cm³/mol. The molecule has 1 N–H and O–H groups in total. The van der Waals surface area contributed by atoms with Gasteiger partial charge in [-0.3, -0.25) is 19.3 Å². The minimum Gasteiger partial charge on any atom is -0.485 e. The molecule has 0 atom stereocenters. The molecule has 0 aliphatic carbocycles. The zero-order valence-electron chi connectivity index (χ0n) is 19.1. The molecule has 0 unspecified atom stereocenters. The Morgan fingerprint density at radius 2 is 1.75 bits per heavy atom. The minimum atomic E-state index is -0.407. The summed E-state index contributed by atoms with van der Waals surface area (Å²) in [6.07, 6.45) is 3.68. The molecule has 2 aromatic heterocycles. The molecule has 0 fully saturated rings. The summed E-state index contributed by atoms with van der Waals surface area (Å²) >= 11 is 12.9. The van der Waals surface area contributed by atoms with Crippen molar-refractivity contribution >= 4 is 52.3 Å². The second-order valence-electron chi connectivity index (χ2n) is 8.27. The third kappa shape index (κ3) is 4.41. The molecule has 2 aromatic carbocycles. The number of pyridine rings is 1. The number of halogens is 2. The van der Waals surface area contributed by atoms with E-state index in [0.717, 1.165) is 10.6 Å². The lowest BCUT2D eigenvalue weighted by molar-refractivity contribution is -0.116. The Kier molecular flexibility index (Phi) is 6.38. The number of carbonyl (C=O) groups excluding carboxylic acids is 3. The topological polar surface area (TPSA) is 93.0 Å². The summed E-state index contributed by atoms with van der Waals surface area (Å²) in [5, 5.41) is 3.36. The van der Waals surface area contributed by atoms with E-state index in [-0.39, 0.29) is 24.6 Å². The number of nitrogens with zero attached hydrogens (tertiary/aromatic N) is 3. The highest BCUT2D eigenvalue weighted by Gasteiger charge is 2.35. The van der Waals surface area contributed by atoms with Crippen molar-refractivity contribution in [2.45, 2.75) is 20.0 Å². The second-order valence-corrected chi connectivity index (χ2v) is 9.05. The smallest absolute Gasteiger partial charge is 0.261 e. The van der Waals surface area contributed by atoms with Crippen molar-refractivity contribution in [3.63, 3.8) is 0 Å². The van der Waals surface area contributed by atoms with E-state index in [1.54, 1.807) is 42.5 Å². The number of hydrogen-bond acceptors (Lipinski definition) is 5. The number of hydrogen-bond donors (Lipinski definition) is 1. The maximum atomic E-state index is 12.6. The first-order valence-corrected chi connectivity index (χ1v) is 11.9. The van der Waals surface area contributed by atoms with E-state index in [9.17, 15) is 14.4 Å². The number of ether oxygens (including phenoxy) is 1. The van der Waals surface area contributed by atoms with Gasteiger partial charge < -0.3 is 14.5 Å². The van der Waals surface area contributed by atoms with E-state index in [1.807, 2.05) is 29.8 Å². The van der Waals surface area contributed by atoms with Gasteiger partial charge in [0.2, 0.25) is 5.91 Å². The zero-order chi connectivity index (χ0) is 25.4. The van der Waals surface area contributed by atoms with Crippen LogP contribution in [0.2, 0.25) is 10.0 Å². The van der Waals surface area contributed by atoms with Gasteiger partial charge in [0.1, 0.15) is 6.61 Å². The van der Waals surface area contributed by atoms with Crippen molar-refractivity contribution in [2.75, 3.05) is 11.9 Å². The Labute approximate surface area is 216 Å². The molecule has 3 heterocycles. The third-order valence-electron chi connectivity index (χ3n) is 5.84. The standard InChI is InChI=1S/C26H20Cl2N4O4/c1-15-13-31-11-4-7-21(24(31)29-15)36-14-18-19(27)8-9-20(23(18)28)30-22(33)10-12-32-25(34)16-5-2-3-6-17(16)26(32)35/h2-9,11,13H,10,12,14H2,1H3,(H,30,33). The molecule has 0 saturated heterocycles. The van der Waals surface area contributed by atoms with E-state index in [0.29, 0.717) is 38.8 Å². The molecule has 1 aliphatic rings. The van der Waals surface area contributed by atoms with Gasteiger partial charge in [0.25, 0.3) is 11.8 Å². The van der Waals surface area contributed by atoms with Crippen LogP contribution in [0.3, 0.4) is 0 Å². The molecule has 0 radical (unpaired) electrons. The van der Waals surface area contributed by atoms with Crippen LogP contribution < -0.4 is 10.1 Å². The van der Waals surface area contributed by atoms with Gasteiger partial charge in [-0.15, -0.1) is 0 Å². The zero-order valence-corrected chi connectivity index (χ0v) is 20.6. The molecule has 5 rings (SSSR count). The maximum Gasteiger partial charge on any atom is 0.261 e. The highest BCUT2D eigenvalue weighted by molar-refractivity contribution is 6.38. The van der Waals surface area contributed by atoms with E-state index in [1.165, 1.54) is 0 Å². The van der Waals surface area contributed by atoms with Gasteiger partial charge in [0, 0.05) is 35.9 Å². The predicted octanol–water partition coefficient (Wildman–Crippen LogP) is 5.15. The highest BCUT2D eigenvalue weighted by atomic mass is 35.5. The Bertz CT molecular complexity index is 1500. The van der Waals surface area contributed by atoms with Crippen LogP contribution in [-0.2, 0) is 11.4 Å². The van der Waals surface area contributed by atoms with Crippen molar-refractivity contribution in [3.8, 4) is 5.75 Å². The lowest BCUT2D eigenvalue weighted by atomic mass is 10.1. The molecule has 10 heteroatoms. The summed E-state index contributed by atoms with van der Waals surface area (Å²) in [5.41, 5.74) is 3.06. The monoisotopic (exact) mass is 522 g/mol. The summed E-state index contributed by atoms with van der Waals surface area (Å²) in [6, 6.07) is 13.4. The number of benzene rings is 2. The van der Waals surface area contributed by atoms with Crippen LogP contribution in [0.15, 0.2) is 60.9 Å². The number of nitrogens with one attached hydrogen (secondary N) is 1. The molecule has 1 aliphatic heterocycles. The number of amides is 3. The van der Waals surface area contributed by atoms with Crippen molar-refractivity contribution in [1.29, 1.82) is 0 Å². The fourth-order valence-corrected chi connectivity index (χ4v) is 4.59. The number of anilines is 1. The van der Waals surface area contributed by atoms with Gasteiger partial charge in [-0.1, -0.05) is 35.3 Å². The summed E-state index contributed by atoms with van der Waals surface area (Å²) in [4.78, 5) is 43.2. The Balaban J connectivity index is 1.25. The minimum absolute atomic E-state index is 0.0485. The molecule has 182 valence electrons. The third-order valence-corrected chi connectivity index (χ3v) is 6.63. The fraction of sp³-hybridized carbons (Fsp3) is 0.154. The van der Waals surface area contributed by atoms with Crippen LogP contribution in [0, 0.1) is 6.92 Å². The van der Waals surface area contributed by atoms with E-state index >= 15 is 0 Å². The summed E-state index contributed by atoms with van der Waals surface area (Å²) in [5.74, 6) is -0.654. The lowest BCUT2D eigenvalue weighted by Crippen LogP contribution is -2.32. The number of aryl methyl sites for hydroxylation is 1. The van der Waals surface area contributed by atoms with Gasteiger partial charge in [0.15, 0.2) is 11.4 Å². The lowest BCUT2D eigenvalue weighted by Gasteiger charge is -2.16. The van der Waals surface area contributed by atoms with Crippen LogP contribution in [0.5, 0.6) is 5.75 Å². The molecule has 8 nitrogen and oxygen atoms in total. The van der Waals surface area contributed by atoms with Gasteiger partial charge in [-0.2, -0.15) is 0 Å². The first-order valence-electron chi connectivity index (χ1n) is 11.1. The second kappa shape index (κ2) is 9.64. The van der Waals surface area contributed by atoms with Crippen molar-refractivity contribution < 1.29 is 19.1 Å². The molecule has 0 spiro atoms. The van der Waals surface area contributed by atoms with Gasteiger partial charge in [-0.05, 0) is 43.3 Å². The van der Waals surface area contributed by atoms with E-state index < -0.39 is 17.7 Å². The van der Waals surface area contributed by atoms with Gasteiger partial charge in [0.05, 0.1) is 27.5 Å². The quantitative estimate of drug-likeness (QED) is 0.338. The van der Waals surface area contributed by atoms with Crippen LogP contribution in [0.1, 0.15) is 38.4 Å². The summed E-state index contributed by atoms with van der Waals surface area (Å²) in [7, 11) is 0. The van der Waals surface area contributed by atoms with Crippen molar-refractivity contribution in [3.05, 3.63) is 93.4 Å². The van der Waals surface area contributed by atoms with Gasteiger partial charge >= 0.3 is 0 Å². The average molecular weight is 523 g/mol. The first kappa shape index (κ1) is 23.8. The Morgan fingerprint density at radius 3 is 2.47 bits per heavy atom. The van der Waals surface area contributed by atoms with E-state index in [4.69, 9.17) is 27.9 Å². The van der Waals surface area contributed by atoms with Crippen LogP contribution in [-0.4, -0.2) is 38.6 Å². The van der Waals surface area contributed by atoms with E-state index in [2.05, 4.69) is 10.3 Å². The summed E-state index contributed by atoms with van der Waals surface area (Å²) in [6.45, 7) is 1.90. The largest absolute Gasteiger partial charge is 0.485 e. The molecule has 0 bridgehead atoms. The molecule has 3 amide bonds. The molecule has 36 heavy (non-hydrogen) atoms. The number of aromatic nitrogens is 2. The number of fused-ring (bicyclic) bond motifs is 2. The fourth-order valence-electron chi connectivity index (χ4n) is 4.07. The van der Waals surface area contributed by atoms with Crippen LogP contribution in [0.25, 0.3) is 5.65 Å². The summed E-state index contributed by atoms with van der Waals surface area (Å²) < 4.78 is 7.82. The maximum absolute atomic E-state index is 12.6. The van der Waals surface area contributed by atoms with Crippen molar-refractivity contribution in [1.82, 2.24) is 14.3 Å². The molecule has 0 saturated carbocycles. The normalized spacial score (nSPS) is 12.8. The highest BCUT2D eigenvalue weighted by Crippen LogP contribution is 2.33. The van der Waals surface area contributed by atoms with Gasteiger partial charge in [-0.25, -0.2) is 4.98 Å². The van der Waals surface area contributed by atoms with Crippen LogP contribution >= 0.6 is 23.2 Å².